The molecular weight excluding hydrogens is 570 g/mol. The van der Waals surface area contributed by atoms with Crippen molar-refractivity contribution >= 4 is 50.8 Å². The number of carbonyl (C=O) groups excluding carboxylic acids is 3. The van der Waals surface area contributed by atoms with Crippen LogP contribution in [0.3, 0.4) is 0 Å². The largest absolute Gasteiger partial charge is 1.00 e. The average molecular weight is 593 g/mol. The van der Waals surface area contributed by atoms with Gasteiger partial charge in [0.2, 0.25) is 0 Å². The molecule has 2 rings (SSSR count). The maximum Gasteiger partial charge on any atom is 1.00 e. The summed E-state index contributed by atoms with van der Waals surface area (Å²) in [4.78, 5) is 49.8. The van der Waals surface area contributed by atoms with E-state index >= 15 is 0 Å². The quantitative estimate of drug-likeness (QED) is 0.0789. The van der Waals surface area contributed by atoms with Crippen molar-refractivity contribution in [2.45, 2.75) is 20.4 Å². The third-order valence-electron chi connectivity index (χ3n) is 4.44. The molecule has 15 nitrogen and oxygen atoms in total. The number of ether oxygens (including phenoxy) is 2. The van der Waals surface area contributed by atoms with Gasteiger partial charge in [-0.25, -0.2) is 23.0 Å². The minimum absolute atomic E-state index is 0. The molecule has 0 radical (unpaired) electrons. The third-order valence-corrected chi connectivity index (χ3v) is 5.64. The summed E-state index contributed by atoms with van der Waals surface area (Å²) in [7, 11) is -4.67. The Hall–Kier alpha value is -1.41. The van der Waals surface area contributed by atoms with Gasteiger partial charge in [0, 0.05) is 5.75 Å². The van der Waals surface area contributed by atoms with Gasteiger partial charge in [0.15, 0.2) is 11.4 Å². The number of nitrogens with one attached hydrogen (secondary N) is 1. The maximum atomic E-state index is 12.7. The first-order valence-corrected chi connectivity index (χ1v) is 13.2. The van der Waals surface area contributed by atoms with Crippen molar-refractivity contribution in [3.8, 4) is 0 Å². The average Bonchev–Trinajstić information content (AvgIpc) is 3.27. The van der Waals surface area contributed by atoms with Crippen LogP contribution in [0.2, 0.25) is 0 Å². The Morgan fingerprint density at radius 2 is 1.71 bits per heavy atom. The third kappa shape index (κ3) is 10.3. The number of aromatic amines is 1. The van der Waals surface area contributed by atoms with Crippen LogP contribution in [0.25, 0.3) is 6.08 Å². The van der Waals surface area contributed by atoms with Gasteiger partial charge in [-0.1, -0.05) is 17.2 Å². The van der Waals surface area contributed by atoms with Gasteiger partial charge in [-0.15, -0.1) is 0 Å². The number of nitrogens with zero attached hydrogens (tertiary/aromatic N) is 3. The summed E-state index contributed by atoms with van der Waals surface area (Å²) in [6.07, 6.45) is 3.37. The predicted molar refractivity (Wildman–Crippen MR) is 122 cm³/mol. The van der Waals surface area contributed by atoms with E-state index in [9.17, 15) is 40.9 Å². The number of esters is 2. The first-order valence-electron chi connectivity index (χ1n) is 10.3. The molecule has 0 spiro atoms. The predicted octanol–water partition coefficient (Wildman–Crippen LogP) is -7.51. The van der Waals surface area contributed by atoms with E-state index in [4.69, 9.17) is 9.47 Å². The van der Waals surface area contributed by atoms with Crippen LogP contribution in [0.15, 0.2) is 27.6 Å². The number of hydrazone groups is 1. The van der Waals surface area contributed by atoms with Gasteiger partial charge in [-0.2, -0.15) is 5.10 Å². The van der Waals surface area contributed by atoms with Gasteiger partial charge < -0.3 is 18.6 Å². The molecule has 1 amide bonds. The fourth-order valence-corrected chi connectivity index (χ4v) is 3.61. The van der Waals surface area contributed by atoms with Crippen LogP contribution in [0.1, 0.15) is 29.9 Å². The van der Waals surface area contributed by atoms with Crippen LogP contribution in [-0.4, -0.2) is 91.3 Å². The first kappa shape index (κ1) is 36.6. The van der Waals surface area contributed by atoms with Gasteiger partial charge in [0.25, 0.3) is 11.5 Å². The van der Waals surface area contributed by atoms with Crippen molar-refractivity contribution in [1.29, 1.82) is 0 Å². The van der Waals surface area contributed by atoms with Gasteiger partial charge in [-0.3, -0.25) is 23.6 Å². The Labute approximate surface area is 264 Å². The number of aryl methyl sites for hydroxylation is 1. The molecule has 198 valence electrons. The van der Waals surface area contributed by atoms with Crippen molar-refractivity contribution in [3.05, 3.63) is 39.3 Å². The molecule has 38 heavy (non-hydrogen) atoms. The number of carbonyl (C=O) groups is 3. The van der Waals surface area contributed by atoms with E-state index in [-0.39, 0.29) is 95.7 Å². The van der Waals surface area contributed by atoms with Gasteiger partial charge in [-0.05, 0) is 26.0 Å². The number of H-pyrrole nitrogens is 1. The van der Waals surface area contributed by atoms with Crippen LogP contribution in [-0.2, 0) is 46.8 Å². The van der Waals surface area contributed by atoms with E-state index in [0.29, 0.717) is 5.01 Å². The van der Waals surface area contributed by atoms with Crippen LogP contribution in [0, 0.1) is 0 Å². The zero-order valence-electron chi connectivity index (χ0n) is 21.1. The molecule has 1 aliphatic heterocycles. The molecule has 0 saturated heterocycles. The number of amides is 1. The molecule has 1 N–H and O–H groups in total. The second-order valence-electron chi connectivity index (χ2n) is 6.88. The van der Waals surface area contributed by atoms with Crippen LogP contribution < -0.4 is 64.7 Å². The van der Waals surface area contributed by atoms with Crippen molar-refractivity contribution in [1.82, 2.24) is 14.8 Å². The minimum atomic E-state index is -4.67. The SMILES string of the molecule is CCOC(=O)C1=NN(CCS(=O)(=O)[O-])C(=O)C1=CC=Cc1c(C(=O)OCC)[nH]n(CCS(=O)[O-])c1=O.[Na+].[Na+]. The van der Waals surface area contributed by atoms with Crippen molar-refractivity contribution in [2.24, 2.45) is 5.10 Å². The summed E-state index contributed by atoms with van der Waals surface area (Å²) < 4.78 is 65.0. The second-order valence-corrected chi connectivity index (χ2v) is 9.42. The molecule has 1 aromatic heterocycles. The standard InChI is InChI=1S/C19H24N4O11S2.2Na/c1-3-33-18(26)14-12(16(24)22(20-14)8-10-35(28)29)6-5-7-13-15(19(27)34-4-2)21-23(17(13)25)9-11-36(30,31)32;;/h5-7,20H,3-4,8-11H2,1-2H3,(H,28,29)(H,30,31,32);;/q;2*+1/p-2. The smallest absolute Gasteiger partial charge is 0.772 e. The molecule has 1 unspecified atom stereocenters. The summed E-state index contributed by atoms with van der Waals surface area (Å²) in [6, 6.07) is 0. The fraction of sp³-hybridized carbons (Fsp3) is 0.421. The normalized spacial score (nSPS) is 15.2. The summed E-state index contributed by atoms with van der Waals surface area (Å²) in [5, 5.41) is 6.85. The topological polar surface area (TPSA) is 220 Å². The van der Waals surface area contributed by atoms with E-state index in [2.05, 4.69) is 10.2 Å². The zero-order valence-corrected chi connectivity index (χ0v) is 26.8. The van der Waals surface area contributed by atoms with E-state index in [1.807, 2.05) is 0 Å². The Balaban J connectivity index is 0.00000684. The van der Waals surface area contributed by atoms with Gasteiger partial charge in [0.1, 0.15) is 0 Å². The first-order chi connectivity index (χ1) is 16.9. The molecule has 19 heteroatoms. The van der Waals surface area contributed by atoms with Gasteiger partial charge >= 0.3 is 71.1 Å². The summed E-state index contributed by atoms with van der Waals surface area (Å²) >= 11 is -2.45. The summed E-state index contributed by atoms with van der Waals surface area (Å²) in [6.45, 7) is 2.11. The van der Waals surface area contributed by atoms with Crippen molar-refractivity contribution < 1.29 is 105 Å². The van der Waals surface area contributed by atoms with Crippen molar-refractivity contribution in [2.75, 3.05) is 31.3 Å². The van der Waals surface area contributed by atoms with E-state index in [1.165, 1.54) is 6.92 Å². The molecule has 0 aliphatic carbocycles. The molecule has 0 bridgehead atoms. The van der Waals surface area contributed by atoms with Gasteiger partial charge in [0.05, 0.1) is 53.3 Å². The molecule has 0 saturated carbocycles. The molecular formula is C19H22N4Na2O11S2. The number of rotatable bonds is 12. The monoisotopic (exact) mass is 592 g/mol. The fourth-order valence-electron chi connectivity index (χ4n) is 2.89. The molecule has 2 heterocycles. The zero-order chi connectivity index (χ0) is 27.0. The Morgan fingerprint density at radius 3 is 2.26 bits per heavy atom. The number of hydrogen-bond donors (Lipinski definition) is 1. The maximum absolute atomic E-state index is 12.7. The van der Waals surface area contributed by atoms with Crippen LogP contribution in [0.4, 0.5) is 0 Å². The Kier molecular flexibility index (Phi) is 16.0. The van der Waals surface area contributed by atoms with E-state index < -0.39 is 68.4 Å². The summed E-state index contributed by atoms with van der Waals surface area (Å²) in [5.41, 5.74) is -2.01. The van der Waals surface area contributed by atoms with E-state index in [0.717, 1.165) is 22.9 Å². The number of allylic oxidation sites excluding steroid dienone is 2. The second kappa shape index (κ2) is 16.6. The van der Waals surface area contributed by atoms with Crippen molar-refractivity contribution in [3.63, 3.8) is 0 Å². The van der Waals surface area contributed by atoms with Crippen LogP contribution in [0.5, 0.6) is 0 Å². The Bertz CT molecular complexity index is 1320. The molecule has 0 fully saturated rings. The number of hydrogen-bond acceptors (Lipinski definition) is 12. The minimum Gasteiger partial charge on any atom is -0.772 e. The molecule has 1 aliphatic rings. The van der Waals surface area contributed by atoms with Crippen LogP contribution >= 0.6 is 0 Å². The molecule has 0 aromatic carbocycles. The Morgan fingerprint density at radius 1 is 1.11 bits per heavy atom. The van der Waals surface area contributed by atoms with E-state index in [1.54, 1.807) is 6.92 Å². The molecule has 1 aromatic rings. The molecule has 1 atom stereocenters. The number of aromatic nitrogens is 2. The summed E-state index contributed by atoms with van der Waals surface area (Å²) in [5.74, 6) is -4.12.